The molecule has 0 amide bonds. The number of carbonyl (C=O) groups is 1. The van der Waals surface area contributed by atoms with E-state index in [2.05, 4.69) is 5.32 Å². The Kier molecular flexibility index (Phi) is 2.42. The van der Waals surface area contributed by atoms with Crippen molar-refractivity contribution >= 4 is 5.78 Å². The van der Waals surface area contributed by atoms with Crippen LogP contribution >= 0.6 is 0 Å². The van der Waals surface area contributed by atoms with Crippen LogP contribution in [0.1, 0.15) is 36.7 Å². The van der Waals surface area contributed by atoms with Gasteiger partial charge in [-0.2, -0.15) is 0 Å². The van der Waals surface area contributed by atoms with Crippen molar-refractivity contribution in [3.8, 4) is 0 Å². The molecule has 3 nitrogen and oxygen atoms in total. The van der Waals surface area contributed by atoms with E-state index < -0.39 is 5.54 Å². The number of hydrogen-bond acceptors (Lipinski definition) is 3. The molecule has 1 aromatic rings. The van der Waals surface area contributed by atoms with E-state index in [9.17, 15) is 4.79 Å². The molecule has 1 atom stereocenters. The Hall–Kier alpha value is -1.09. The number of Topliss-reactive ketones (excluding diaryl/α,β-unsaturated/α-hetero) is 1. The Morgan fingerprint density at radius 1 is 1.57 bits per heavy atom. The standard InChI is InChI=1S/C11H15NO2/c1-11(6-2-3-7-12-11)10(13)9-5-4-8-14-9/h4-5,8,12H,2-3,6-7H2,1H3. The Balaban J connectivity index is 2.17. The van der Waals surface area contributed by atoms with Crippen molar-refractivity contribution in [3.05, 3.63) is 24.2 Å². The minimum Gasteiger partial charge on any atom is -0.461 e. The summed E-state index contributed by atoms with van der Waals surface area (Å²) in [5.41, 5.74) is -0.421. The van der Waals surface area contributed by atoms with Gasteiger partial charge in [-0.3, -0.25) is 4.79 Å². The number of piperidine rings is 1. The molecule has 1 aromatic heterocycles. The SMILES string of the molecule is CC1(C(=O)c2ccco2)CCCCN1. The average molecular weight is 193 g/mol. The molecule has 0 aliphatic carbocycles. The predicted octanol–water partition coefficient (Wildman–Crippen LogP) is 1.99. The highest BCUT2D eigenvalue weighted by atomic mass is 16.3. The molecule has 2 heterocycles. The van der Waals surface area contributed by atoms with Crippen LogP contribution in [0.2, 0.25) is 0 Å². The molecule has 0 saturated carbocycles. The molecule has 0 aromatic carbocycles. The topological polar surface area (TPSA) is 42.2 Å². The van der Waals surface area contributed by atoms with E-state index in [1.165, 1.54) is 0 Å². The third kappa shape index (κ3) is 1.60. The van der Waals surface area contributed by atoms with Crippen LogP contribution in [0.3, 0.4) is 0 Å². The third-order valence-electron chi connectivity index (χ3n) is 2.86. The van der Waals surface area contributed by atoms with Gasteiger partial charge in [-0.25, -0.2) is 0 Å². The lowest BCUT2D eigenvalue weighted by atomic mass is 9.86. The number of carbonyl (C=O) groups excluding carboxylic acids is 1. The number of rotatable bonds is 2. The summed E-state index contributed by atoms with van der Waals surface area (Å²) in [6.45, 7) is 2.87. The molecule has 1 aliphatic heterocycles. The summed E-state index contributed by atoms with van der Waals surface area (Å²) < 4.78 is 5.12. The molecule has 0 bridgehead atoms. The van der Waals surface area contributed by atoms with Crippen LogP contribution in [0.4, 0.5) is 0 Å². The van der Waals surface area contributed by atoms with E-state index in [1.807, 2.05) is 6.92 Å². The number of ketones is 1. The van der Waals surface area contributed by atoms with Crippen LogP contribution < -0.4 is 5.32 Å². The van der Waals surface area contributed by atoms with Gasteiger partial charge in [0.15, 0.2) is 5.76 Å². The predicted molar refractivity (Wildman–Crippen MR) is 53.3 cm³/mol. The molecule has 76 valence electrons. The lowest BCUT2D eigenvalue weighted by Gasteiger charge is -2.32. The van der Waals surface area contributed by atoms with Gasteiger partial charge in [-0.05, 0) is 44.9 Å². The maximum Gasteiger partial charge on any atom is 0.217 e. The van der Waals surface area contributed by atoms with E-state index in [0.29, 0.717) is 5.76 Å². The Morgan fingerprint density at radius 2 is 2.43 bits per heavy atom. The van der Waals surface area contributed by atoms with Crippen LogP contribution in [0, 0.1) is 0 Å². The van der Waals surface area contributed by atoms with E-state index in [-0.39, 0.29) is 5.78 Å². The second-order valence-electron chi connectivity index (χ2n) is 4.02. The molecule has 14 heavy (non-hydrogen) atoms. The summed E-state index contributed by atoms with van der Waals surface area (Å²) in [6.07, 6.45) is 4.70. The van der Waals surface area contributed by atoms with Crippen molar-refractivity contribution in [1.29, 1.82) is 0 Å². The van der Waals surface area contributed by atoms with Gasteiger partial charge in [0.05, 0.1) is 11.8 Å². The first-order valence-electron chi connectivity index (χ1n) is 5.06. The molecule has 1 saturated heterocycles. The second kappa shape index (κ2) is 3.58. The van der Waals surface area contributed by atoms with E-state index in [4.69, 9.17) is 4.42 Å². The van der Waals surface area contributed by atoms with Crippen molar-refractivity contribution in [1.82, 2.24) is 5.32 Å². The van der Waals surface area contributed by atoms with Gasteiger partial charge in [0, 0.05) is 0 Å². The lowest BCUT2D eigenvalue weighted by Crippen LogP contribution is -2.52. The van der Waals surface area contributed by atoms with Gasteiger partial charge in [-0.15, -0.1) is 0 Å². The first-order valence-corrected chi connectivity index (χ1v) is 5.06. The Labute approximate surface area is 83.5 Å². The molecule has 1 N–H and O–H groups in total. The minimum atomic E-state index is -0.421. The van der Waals surface area contributed by atoms with Crippen LogP contribution in [-0.2, 0) is 0 Å². The van der Waals surface area contributed by atoms with E-state index in [0.717, 1.165) is 25.8 Å². The van der Waals surface area contributed by atoms with Crippen molar-refractivity contribution < 1.29 is 9.21 Å². The van der Waals surface area contributed by atoms with Crippen molar-refractivity contribution in [2.24, 2.45) is 0 Å². The Morgan fingerprint density at radius 3 is 3.00 bits per heavy atom. The number of hydrogen-bond donors (Lipinski definition) is 1. The summed E-state index contributed by atoms with van der Waals surface area (Å²) in [6, 6.07) is 3.48. The van der Waals surface area contributed by atoms with Gasteiger partial charge < -0.3 is 9.73 Å². The van der Waals surface area contributed by atoms with Crippen molar-refractivity contribution in [2.75, 3.05) is 6.54 Å². The maximum atomic E-state index is 12.0. The highest BCUT2D eigenvalue weighted by molar-refractivity contribution is 6.00. The largest absolute Gasteiger partial charge is 0.461 e. The monoisotopic (exact) mass is 193 g/mol. The molecule has 0 spiro atoms. The summed E-state index contributed by atoms with van der Waals surface area (Å²) >= 11 is 0. The smallest absolute Gasteiger partial charge is 0.217 e. The average Bonchev–Trinajstić information content (AvgIpc) is 2.70. The normalized spacial score (nSPS) is 27.5. The van der Waals surface area contributed by atoms with Crippen LogP contribution in [0.15, 0.2) is 22.8 Å². The summed E-state index contributed by atoms with van der Waals surface area (Å²) in [4.78, 5) is 12.0. The molecule has 1 fully saturated rings. The van der Waals surface area contributed by atoms with Gasteiger partial charge in [0.1, 0.15) is 0 Å². The fraction of sp³-hybridized carbons (Fsp3) is 0.545. The summed E-state index contributed by atoms with van der Waals surface area (Å²) in [5.74, 6) is 0.532. The molecule has 0 radical (unpaired) electrons. The van der Waals surface area contributed by atoms with Crippen LogP contribution in [0.25, 0.3) is 0 Å². The van der Waals surface area contributed by atoms with E-state index in [1.54, 1.807) is 18.4 Å². The van der Waals surface area contributed by atoms with Gasteiger partial charge in [-0.1, -0.05) is 0 Å². The van der Waals surface area contributed by atoms with Gasteiger partial charge >= 0.3 is 0 Å². The highest BCUT2D eigenvalue weighted by Crippen LogP contribution is 2.23. The first-order chi connectivity index (χ1) is 6.72. The molecule has 2 rings (SSSR count). The van der Waals surface area contributed by atoms with Gasteiger partial charge in [0.25, 0.3) is 0 Å². The fourth-order valence-electron chi connectivity index (χ4n) is 1.93. The molecule has 1 unspecified atom stereocenters. The molecular weight excluding hydrogens is 178 g/mol. The molecular formula is C11H15NO2. The van der Waals surface area contributed by atoms with Crippen molar-refractivity contribution in [3.63, 3.8) is 0 Å². The van der Waals surface area contributed by atoms with Gasteiger partial charge in [0.2, 0.25) is 5.78 Å². The fourth-order valence-corrected chi connectivity index (χ4v) is 1.93. The van der Waals surface area contributed by atoms with Crippen LogP contribution in [-0.4, -0.2) is 17.9 Å². The zero-order valence-corrected chi connectivity index (χ0v) is 8.38. The second-order valence-corrected chi connectivity index (χ2v) is 4.02. The molecule has 3 heteroatoms. The first kappa shape index (κ1) is 9.46. The summed E-state index contributed by atoms with van der Waals surface area (Å²) in [7, 11) is 0. The van der Waals surface area contributed by atoms with E-state index >= 15 is 0 Å². The maximum absolute atomic E-state index is 12.0. The zero-order chi connectivity index (χ0) is 10.0. The molecule has 1 aliphatic rings. The van der Waals surface area contributed by atoms with Crippen molar-refractivity contribution in [2.45, 2.75) is 31.7 Å². The third-order valence-corrected chi connectivity index (χ3v) is 2.86. The van der Waals surface area contributed by atoms with Crippen LogP contribution in [0.5, 0.6) is 0 Å². The number of furan rings is 1. The highest BCUT2D eigenvalue weighted by Gasteiger charge is 2.36. The minimum absolute atomic E-state index is 0.0715. The quantitative estimate of drug-likeness (QED) is 0.730. The lowest BCUT2D eigenvalue weighted by molar-refractivity contribution is 0.0805. The summed E-state index contributed by atoms with van der Waals surface area (Å²) in [5, 5.41) is 3.27. The zero-order valence-electron chi connectivity index (χ0n) is 8.38. The Bertz CT molecular complexity index is 310. The number of nitrogens with one attached hydrogen (secondary N) is 1.